The van der Waals surface area contributed by atoms with Crippen molar-refractivity contribution in [2.75, 3.05) is 0 Å². The zero-order valence-electron chi connectivity index (χ0n) is 30.2. The maximum Gasteiger partial charge on any atom is 0.145 e. The molecule has 0 fully saturated rings. The average Bonchev–Trinajstić information content (AvgIpc) is 3.81. The van der Waals surface area contributed by atoms with Crippen LogP contribution in [0.5, 0.6) is 11.5 Å². The van der Waals surface area contributed by atoms with Crippen molar-refractivity contribution >= 4 is 75.3 Å². The van der Waals surface area contributed by atoms with Gasteiger partial charge in [-0.25, -0.2) is 9.97 Å². The maximum absolute atomic E-state index is 6.84. The van der Waals surface area contributed by atoms with Crippen LogP contribution < -0.4 is 4.74 Å². The van der Waals surface area contributed by atoms with Crippen LogP contribution in [0.2, 0.25) is 0 Å². The second-order valence-electron chi connectivity index (χ2n) is 15.9. The van der Waals surface area contributed by atoms with Crippen molar-refractivity contribution in [1.82, 2.24) is 19.1 Å². The highest BCUT2D eigenvalue weighted by atomic mass is 32.1. The molecule has 0 N–H and O–H groups in total. The Balaban J connectivity index is 1.13. The number of fused-ring (bicyclic) bond motifs is 12. The molecule has 6 heterocycles. The van der Waals surface area contributed by atoms with E-state index in [0.29, 0.717) is 0 Å². The number of thiophene rings is 1. The number of benzene rings is 5. The van der Waals surface area contributed by atoms with Gasteiger partial charge in [0.05, 0.1) is 22.2 Å². The Kier molecular flexibility index (Phi) is 6.10. The van der Waals surface area contributed by atoms with Crippen LogP contribution in [0, 0.1) is 0 Å². The first-order chi connectivity index (χ1) is 25.7. The molecule has 5 nitrogen and oxygen atoms in total. The zero-order chi connectivity index (χ0) is 35.8. The summed E-state index contributed by atoms with van der Waals surface area (Å²) in [5, 5.41) is 7.30. The lowest BCUT2D eigenvalue weighted by atomic mass is 9.74. The molecule has 6 heteroatoms. The van der Waals surface area contributed by atoms with E-state index in [-0.39, 0.29) is 10.8 Å². The third-order valence-corrected chi connectivity index (χ3v) is 12.6. The van der Waals surface area contributed by atoms with Gasteiger partial charge in [-0.1, -0.05) is 83.1 Å². The molecule has 0 unspecified atom stereocenters. The minimum atomic E-state index is -0.191. The highest BCUT2D eigenvalue weighted by Crippen LogP contribution is 2.49. The average molecular weight is 705 g/mol. The van der Waals surface area contributed by atoms with Crippen molar-refractivity contribution in [3.05, 3.63) is 144 Å². The summed E-state index contributed by atoms with van der Waals surface area (Å²) in [6, 6.07) is 41.6. The number of hydrogen-bond donors (Lipinski definition) is 0. The van der Waals surface area contributed by atoms with Crippen molar-refractivity contribution in [3.63, 3.8) is 0 Å². The normalized spacial score (nSPS) is 13.9. The predicted molar refractivity (Wildman–Crippen MR) is 221 cm³/mol. The van der Waals surface area contributed by atoms with Crippen LogP contribution in [0.1, 0.15) is 51.3 Å². The lowest BCUT2D eigenvalue weighted by Gasteiger charge is -2.34. The number of nitrogens with zero attached hydrogens (tertiary/aromatic N) is 4. The van der Waals surface area contributed by atoms with Crippen LogP contribution >= 0.6 is 11.3 Å². The third kappa shape index (κ3) is 4.24. The van der Waals surface area contributed by atoms with Crippen molar-refractivity contribution in [3.8, 4) is 23.0 Å². The van der Waals surface area contributed by atoms with Crippen molar-refractivity contribution in [1.29, 1.82) is 0 Å². The number of pyridine rings is 2. The lowest BCUT2D eigenvalue weighted by molar-refractivity contribution is 0.482. The summed E-state index contributed by atoms with van der Waals surface area (Å²) in [6.07, 6.45) is 3.83. The molecule has 0 radical (unpaired) electrons. The molecule has 11 rings (SSSR count). The molecule has 5 aromatic carbocycles. The van der Waals surface area contributed by atoms with E-state index >= 15 is 0 Å². The lowest BCUT2D eigenvalue weighted by Crippen LogP contribution is -2.26. The van der Waals surface area contributed by atoms with Crippen LogP contribution in [0.25, 0.3) is 75.4 Å². The molecule has 0 atom stereocenters. The molecule has 1 aliphatic rings. The van der Waals surface area contributed by atoms with E-state index in [1.807, 2.05) is 29.8 Å². The minimum Gasteiger partial charge on any atom is -0.457 e. The summed E-state index contributed by atoms with van der Waals surface area (Å²) < 4.78 is 14.1. The Labute approximate surface area is 310 Å². The van der Waals surface area contributed by atoms with Gasteiger partial charge in [-0.2, -0.15) is 0 Å². The molecule has 0 spiro atoms. The molecule has 0 amide bonds. The molecule has 10 aromatic rings. The summed E-state index contributed by atoms with van der Waals surface area (Å²) in [7, 11) is 0. The highest BCUT2D eigenvalue weighted by Gasteiger charge is 2.35. The quantitative estimate of drug-likeness (QED) is 0.184. The first-order valence-corrected chi connectivity index (χ1v) is 19.1. The van der Waals surface area contributed by atoms with Gasteiger partial charge in [0.15, 0.2) is 0 Å². The van der Waals surface area contributed by atoms with Crippen LogP contribution in [-0.4, -0.2) is 19.1 Å². The van der Waals surface area contributed by atoms with Crippen molar-refractivity contribution < 1.29 is 4.74 Å². The standard InChI is InChI=1S/C47H36N4OS/c1-46(2,3)27-21-23-48-41(24-27)50-37-25-28(15-17-30(37)32-18-20-40-42(44(32)50)34-10-6-7-14-39(34)53-40)52-29-16-19-35-38(26-29)51-43-31(33-12-9-22-49-45(33)51)11-8-13-36(43)47(35,4)5/h6-26H,1-5H3. The number of rotatable bonds is 3. The Morgan fingerprint density at radius 3 is 2.26 bits per heavy atom. The Hall–Kier alpha value is -5.98. The van der Waals surface area contributed by atoms with Gasteiger partial charge in [-0.3, -0.25) is 9.13 Å². The Bertz CT molecular complexity index is 3170. The summed E-state index contributed by atoms with van der Waals surface area (Å²) in [5.41, 5.74) is 9.12. The molecule has 0 saturated carbocycles. The van der Waals surface area contributed by atoms with Gasteiger partial charge in [0.1, 0.15) is 23.0 Å². The van der Waals surface area contributed by atoms with E-state index in [9.17, 15) is 0 Å². The second-order valence-corrected chi connectivity index (χ2v) is 17.0. The summed E-state index contributed by atoms with van der Waals surface area (Å²) in [6.45, 7) is 11.4. The largest absolute Gasteiger partial charge is 0.457 e. The minimum absolute atomic E-state index is 0.0250. The fraction of sp³-hybridized carbons (Fsp3) is 0.149. The van der Waals surface area contributed by atoms with E-state index in [0.717, 1.165) is 39.6 Å². The van der Waals surface area contributed by atoms with Gasteiger partial charge in [0.25, 0.3) is 0 Å². The van der Waals surface area contributed by atoms with Gasteiger partial charge >= 0.3 is 0 Å². The zero-order valence-corrected chi connectivity index (χ0v) is 31.0. The maximum atomic E-state index is 6.84. The molecule has 0 saturated heterocycles. The molecule has 5 aromatic heterocycles. The monoisotopic (exact) mass is 704 g/mol. The number of ether oxygens (including phenoxy) is 1. The fourth-order valence-corrected chi connectivity index (χ4v) is 9.91. The van der Waals surface area contributed by atoms with Gasteiger partial charge in [0.2, 0.25) is 0 Å². The number of hydrogen-bond acceptors (Lipinski definition) is 4. The van der Waals surface area contributed by atoms with Gasteiger partial charge < -0.3 is 4.74 Å². The summed E-state index contributed by atoms with van der Waals surface area (Å²) in [4.78, 5) is 9.91. The van der Waals surface area contributed by atoms with E-state index in [4.69, 9.17) is 14.7 Å². The molecule has 0 aliphatic carbocycles. The van der Waals surface area contributed by atoms with Crippen molar-refractivity contribution in [2.45, 2.75) is 45.4 Å². The SMILES string of the molecule is CC(C)(C)c1ccnc(-n2c3cc(Oc4ccc5c(c4)-n4c6ncccc6c6cccc(c64)C5(C)C)ccc3c3ccc4sc5ccccc5c4c32)c1. The predicted octanol–water partition coefficient (Wildman–Crippen LogP) is 12.8. The molecular formula is C47H36N4OS. The van der Waals surface area contributed by atoms with E-state index in [2.05, 4.69) is 153 Å². The highest BCUT2D eigenvalue weighted by molar-refractivity contribution is 7.26. The van der Waals surface area contributed by atoms with Crippen LogP contribution in [0.4, 0.5) is 0 Å². The Morgan fingerprint density at radius 1 is 0.604 bits per heavy atom. The topological polar surface area (TPSA) is 44.9 Å². The van der Waals surface area contributed by atoms with Gasteiger partial charge in [-0.15, -0.1) is 11.3 Å². The van der Waals surface area contributed by atoms with E-state index < -0.39 is 0 Å². The van der Waals surface area contributed by atoms with Crippen LogP contribution in [0.3, 0.4) is 0 Å². The smallest absolute Gasteiger partial charge is 0.145 e. The molecule has 1 aliphatic heterocycles. The summed E-state index contributed by atoms with van der Waals surface area (Å²) >= 11 is 1.84. The Morgan fingerprint density at radius 2 is 1.38 bits per heavy atom. The van der Waals surface area contributed by atoms with E-state index in [1.54, 1.807) is 0 Å². The second kappa shape index (κ2) is 10.6. The molecule has 0 bridgehead atoms. The van der Waals surface area contributed by atoms with Gasteiger partial charge in [-0.05, 0) is 76.7 Å². The number of aromatic nitrogens is 4. The van der Waals surface area contributed by atoms with Crippen LogP contribution in [0.15, 0.2) is 128 Å². The first-order valence-electron chi connectivity index (χ1n) is 18.2. The molecule has 256 valence electrons. The number of para-hydroxylation sites is 1. The van der Waals surface area contributed by atoms with Crippen molar-refractivity contribution in [2.24, 2.45) is 0 Å². The molecular weight excluding hydrogens is 669 g/mol. The van der Waals surface area contributed by atoms with Crippen LogP contribution in [-0.2, 0) is 10.8 Å². The summed E-state index contributed by atoms with van der Waals surface area (Å²) in [5.74, 6) is 2.46. The fourth-order valence-electron chi connectivity index (χ4n) is 8.80. The van der Waals surface area contributed by atoms with E-state index in [1.165, 1.54) is 64.1 Å². The first kappa shape index (κ1) is 30.6. The molecule has 53 heavy (non-hydrogen) atoms. The van der Waals surface area contributed by atoms with Gasteiger partial charge in [0, 0.05) is 71.7 Å². The third-order valence-electron chi connectivity index (χ3n) is 11.4.